The van der Waals surface area contributed by atoms with Gasteiger partial charge in [-0.25, -0.2) is 0 Å². The van der Waals surface area contributed by atoms with Crippen molar-refractivity contribution in [3.63, 3.8) is 0 Å². The Balaban J connectivity index is 1.94. The van der Waals surface area contributed by atoms with E-state index in [-0.39, 0.29) is 6.42 Å². The molecule has 4 atom stereocenters. The molecule has 3 aromatic carbocycles. The van der Waals surface area contributed by atoms with Crippen molar-refractivity contribution in [1.29, 1.82) is 5.26 Å². The number of aliphatic hydroxyl groups excluding tert-OH is 1. The molecule has 1 amide bonds. The van der Waals surface area contributed by atoms with Gasteiger partial charge in [-0.1, -0.05) is 91.0 Å². The Morgan fingerprint density at radius 2 is 1.52 bits per heavy atom. The van der Waals surface area contributed by atoms with Crippen molar-refractivity contribution in [2.75, 3.05) is 7.11 Å². The van der Waals surface area contributed by atoms with Gasteiger partial charge in [0.05, 0.1) is 31.7 Å². The van der Waals surface area contributed by atoms with E-state index in [4.69, 9.17) is 4.74 Å². The molecule has 6 heteroatoms. The van der Waals surface area contributed by atoms with Crippen LogP contribution < -0.4 is 0 Å². The molecule has 1 aliphatic rings. The molecule has 1 heterocycles. The van der Waals surface area contributed by atoms with Crippen molar-refractivity contribution in [1.82, 2.24) is 4.90 Å². The van der Waals surface area contributed by atoms with Gasteiger partial charge in [-0.15, -0.1) is 0 Å². The highest BCUT2D eigenvalue weighted by atomic mass is 16.5. The predicted molar refractivity (Wildman–Crippen MR) is 121 cm³/mol. The Bertz CT molecular complexity index is 1160. The van der Waals surface area contributed by atoms with Crippen LogP contribution in [-0.4, -0.2) is 29.0 Å². The number of benzene rings is 3. The summed E-state index contributed by atoms with van der Waals surface area (Å²) in [5.74, 6) is -1.17. The minimum Gasteiger partial charge on any atom is -0.468 e. The van der Waals surface area contributed by atoms with Gasteiger partial charge < -0.3 is 14.7 Å². The van der Waals surface area contributed by atoms with Crippen molar-refractivity contribution < 1.29 is 19.4 Å². The summed E-state index contributed by atoms with van der Waals surface area (Å²) in [6.07, 6.45) is -1.42. The average molecular weight is 440 g/mol. The third kappa shape index (κ3) is 3.88. The molecule has 33 heavy (non-hydrogen) atoms. The van der Waals surface area contributed by atoms with Crippen LogP contribution in [0.25, 0.3) is 0 Å². The lowest BCUT2D eigenvalue weighted by molar-refractivity contribution is -0.151. The number of nitriles is 1. The number of nitrogens with zero attached hydrogens (tertiary/aromatic N) is 2. The molecule has 0 radical (unpaired) electrons. The van der Waals surface area contributed by atoms with Gasteiger partial charge in [0.1, 0.15) is 6.10 Å². The summed E-state index contributed by atoms with van der Waals surface area (Å²) >= 11 is 0. The average Bonchev–Trinajstić information content (AvgIpc) is 3.18. The lowest BCUT2D eigenvalue weighted by Gasteiger charge is -2.39. The van der Waals surface area contributed by atoms with Crippen LogP contribution in [0.5, 0.6) is 0 Å². The highest BCUT2D eigenvalue weighted by Gasteiger charge is 2.61. The number of hydrogen-bond donors (Lipinski definition) is 1. The fraction of sp³-hybridized carbons (Fsp3) is 0.222. The van der Waals surface area contributed by atoms with Crippen LogP contribution in [0.4, 0.5) is 0 Å². The first-order chi connectivity index (χ1) is 16.0. The van der Waals surface area contributed by atoms with Crippen molar-refractivity contribution in [3.8, 4) is 6.07 Å². The summed E-state index contributed by atoms with van der Waals surface area (Å²) in [5.41, 5.74) is 0.202. The monoisotopic (exact) mass is 440 g/mol. The van der Waals surface area contributed by atoms with Gasteiger partial charge in [0.25, 0.3) is 0 Å². The van der Waals surface area contributed by atoms with Gasteiger partial charge >= 0.3 is 5.97 Å². The van der Waals surface area contributed by atoms with Gasteiger partial charge in [0, 0.05) is 0 Å². The van der Waals surface area contributed by atoms with Gasteiger partial charge in [0.2, 0.25) is 5.91 Å². The number of carbonyl (C=O) groups excluding carboxylic acids is 2. The fourth-order valence-corrected chi connectivity index (χ4v) is 4.69. The number of amides is 1. The first kappa shape index (κ1) is 22.3. The van der Waals surface area contributed by atoms with E-state index in [0.29, 0.717) is 16.7 Å². The van der Waals surface area contributed by atoms with Crippen LogP contribution >= 0.6 is 0 Å². The zero-order valence-corrected chi connectivity index (χ0v) is 18.2. The highest BCUT2D eigenvalue weighted by molar-refractivity contribution is 5.93. The van der Waals surface area contributed by atoms with E-state index in [0.717, 1.165) is 0 Å². The standard InChI is InChI=1S/C27H24N2O4/c1-33-26(32)27(18-28)17-22(30)29(25(27)21-15-9-4-10-16-21)23(19-11-5-2-6-12-19)24(31)20-13-7-3-8-14-20/h2-16,23-25,31H,17H2,1H3/t23-,24+,25-,27+/m1/s1. The Labute approximate surface area is 192 Å². The topological polar surface area (TPSA) is 90.6 Å². The molecule has 0 bridgehead atoms. The van der Waals surface area contributed by atoms with E-state index in [9.17, 15) is 20.0 Å². The lowest BCUT2D eigenvalue weighted by atomic mass is 9.77. The lowest BCUT2D eigenvalue weighted by Crippen LogP contribution is -2.41. The Morgan fingerprint density at radius 1 is 1.00 bits per heavy atom. The SMILES string of the molecule is COC(=O)[C@]1(C#N)CC(=O)N([C@H](c2ccccc2)[C@@H](O)c2ccccc2)[C@@H]1c1ccccc1. The largest absolute Gasteiger partial charge is 0.468 e. The van der Waals surface area contributed by atoms with E-state index < -0.39 is 35.5 Å². The van der Waals surface area contributed by atoms with Crippen molar-refractivity contribution in [2.45, 2.75) is 24.6 Å². The molecule has 1 saturated heterocycles. The second-order valence-corrected chi connectivity index (χ2v) is 8.08. The van der Waals surface area contributed by atoms with Crippen LogP contribution in [0, 0.1) is 16.7 Å². The second kappa shape index (κ2) is 9.27. The number of carbonyl (C=O) groups is 2. The molecule has 166 valence electrons. The Hall–Kier alpha value is -3.95. The summed E-state index contributed by atoms with van der Waals surface area (Å²) < 4.78 is 5.00. The molecule has 0 saturated carbocycles. The number of rotatable bonds is 6. The van der Waals surface area contributed by atoms with E-state index in [2.05, 4.69) is 6.07 Å². The number of likely N-dealkylation sites (tertiary alicyclic amines) is 1. The molecule has 6 nitrogen and oxygen atoms in total. The summed E-state index contributed by atoms with van der Waals surface area (Å²) in [7, 11) is 1.21. The Morgan fingerprint density at radius 3 is 2.03 bits per heavy atom. The first-order valence-electron chi connectivity index (χ1n) is 10.7. The molecular formula is C27H24N2O4. The van der Waals surface area contributed by atoms with Gasteiger partial charge in [-0.2, -0.15) is 5.26 Å². The van der Waals surface area contributed by atoms with E-state index in [1.807, 2.05) is 54.6 Å². The molecule has 1 aliphatic heterocycles. The zero-order valence-electron chi connectivity index (χ0n) is 18.2. The van der Waals surface area contributed by atoms with Crippen molar-refractivity contribution in [3.05, 3.63) is 108 Å². The van der Waals surface area contributed by atoms with Crippen molar-refractivity contribution in [2.24, 2.45) is 5.41 Å². The second-order valence-electron chi connectivity index (χ2n) is 8.08. The van der Waals surface area contributed by atoms with Gasteiger partial charge in [0.15, 0.2) is 5.41 Å². The number of hydrogen-bond acceptors (Lipinski definition) is 5. The van der Waals surface area contributed by atoms with Crippen LogP contribution in [0.3, 0.4) is 0 Å². The van der Waals surface area contributed by atoms with Crippen LogP contribution in [0.2, 0.25) is 0 Å². The van der Waals surface area contributed by atoms with Crippen molar-refractivity contribution >= 4 is 11.9 Å². The molecule has 0 aromatic heterocycles. The minimum atomic E-state index is -1.74. The van der Waals surface area contributed by atoms with E-state index in [1.165, 1.54) is 12.0 Å². The fourth-order valence-electron chi connectivity index (χ4n) is 4.69. The molecular weight excluding hydrogens is 416 g/mol. The number of esters is 1. The summed E-state index contributed by atoms with van der Waals surface area (Å²) in [4.78, 5) is 28.0. The zero-order chi connectivity index (χ0) is 23.4. The summed E-state index contributed by atoms with van der Waals surface area (Å²) in [6.45, 7) is 0. The normalized spacial score (nSPS) is 21.8. The van der Waals surface area contributed by atoms with Crippen LogP contribution in [0.15, 0.2) is 91.0 Å². The third-order valence-electron chi connectivity index (χ3n) is 6.21. The number of methoxy groups -OCH3 is 1. The summed E-state index contributed by atoms with van der Waals surface area (Å²) in [5, 5.41) is 21.7. The molecule has 0 unspecified atom stereocenters. The third-order valence-corrected chi connectivity index (χ3v) is 6.21. The Kier molecular flexibility index (Phi) is 6.25. The molecule has 1 N–H and O–H groups in total. The number of ether oxygens (including phenoxy) is 1. The maximum Gasteiger partial charge on any atom is 0.329 e. The molecule has 3 aromatic rings. The summed E-state index contributed by atoms with van der Waals surface area (Å²) in [6, 6.07) is 27.5. The van der Waals surface area contributed by atoms with E-state index >= 15 is 0 Å². The molecule has 1 fully saturated rings. The van der Waals surface area contributed by atoms with Gasteiger partial charge in [-0.3, -0.25) is 9.59 Å². The molecule has 0 spiro atoms. The maximum atomic E-state index is 13.6. The highest BCUT2D eigenvalue weighted by Crippen LogP contribution is 2.53. The van der Waals surface area contributed by atoms with E-state index in [1.54, 1.807) is 36.4 Å². The maximum absolute atomic E-state index is 13.6. The minimum absolute atomic E-state index is 0.333. The first-order valence-corrected chi connectivity index (χ1v) is 10.7. The molecule has 0 aliphatic carbocycles. The van der Waals surface area contributed by atoms with Crippen LogP contribution in [0.1, 0.15) is 41.3 Å². The molecule has 4 rings (SSSR count). The smallest absolute Gasteiger partial charge is 0.329 e. The van der Waals surface area contributed by atoms with Crippen LogP contribution in [-0.2, 0) is 14.3 Å². The van der Waals surface area contributed by atoms with Gasteiger partial charge in [-0.05, 0) is 16.7 Å². The number of aliphatic hydroxyl groups is 1. The predicted octanol–water partition coefficient (Wildman–Crippen LogP) is 4.12. The quantitative estimate of drug-likeness (QED) is 0.583.